The molecule has 4 rings (SSSR count). The molecule has 2 amide bonds. The first-order chi connectivity index (χ1) is 16.4. The second-order valence-corrected chi connectivity index (χ2v) is 7.85. The molecule has 2 aromatic carbocycles. The summed E-state index contributed by atoms with van der Waals surface area (Å²) in [5.74, 6) is -2.51. The number of aromatic nitrogens is 1. The molecule has 5 N–H and O–H groups in total. The lowest BCUT2D eigenvalue weighted by molar-refractivity contribution is -0.134. The van der Waals surface area contributed by atoms with Gasteiger partial charge in [-0.05, 0) is 41.8 Å². The molecular formula is C25H28N4O5. The van der Waals surface area contributed by atoms with Crippen LogP contribution in [0.15, 0.2) is 66.9 Å². The van der Waals surface area contributed by atoms with Gasteiger partial charge >= 0.3 is 18.0 Å². The molecule has 0 spiro atoms. The van der Waals surface area contributed by atoms with E-state index in [0.717, 1.165) is 30.6 Å². The summed E-state index contributed by atoms with van der Waals surface area (Å²) in [6, 6.07) is 16.6. The van der Waals surface area contributed by atoms with E-state index < -0.39 is 11.9 Å². The van der Waals surface area contributed by atoms with Crippen LogP contribution >= 0.6 is 0 Å². The van der Waals surface area contributed by atoms with Crippen LogP contribution in [-0.4, -0.2) is 62.6 Å². The lowest BCUT2D eigenvalue weighted by Crippen LogP contribution is -2.31. The number of benzene rings is 2. The Bertz CT molecular complexity index is 1160. The summed E-state index contributed by atoms with van der Waals surface area (Å²) < 4.78 is 0. The predicted molar refractivity (Wildman–Crippen MR) is 128 cm³/mol. The quantitative estimate of drug-likeness (QED) is 0.378. The largest absolute Gasteiger partial charge is 0.478 e. The number of fused-ring (bicyclic) bond motifs is 1. The first-order valence-electron chi connectivity index (χ1n) is 10.9. The Balaban J connectivity index is 0.000000350. The van der Waals surface area contributed by atoms with Crippen molar-refractivity contribution in [2.24, 2.45) is 5.73 Å². The van der Waals surface area contributed by atoms with Crippen LogP contribution in [0.2, 0.25) is 0 Å². The number of urea groups is 1. The van der Waals surface area contributed by atoms with Gasteiger partial charge in [0.05, 0.1) is 0 Å². The fourth-order valence-electron chi connectivity index (χ4n) is 3.78. The molecule has 1 aromatic heterocycles. The minimum Gasteiger partial charge on any atom is -0.478 e. The lowest BCUT2D eigenvalue weighted by atomic mass is 10.1. The normalized spacial score (nSPS) is 13.4. The number of carbonyl (C=O) groups is 3. The van der Waals surface area contributed by atoms with Crippen LogP contribution in [0.5, 0.6) is 0 Å². The van der Waals surface area contributed by atoms with Crippen LogP contribution in [0, 0.1) is 0 Å². The third-order valence-electron chi connectivity index (χ3n) is 5.38. The highest BCUT2D eigenvalue weighted by Crippen LogP contribution is 2.22. The number of aliphatic carboxylic acids is 2. The summed E-state index contributed by atoms with van der Waals surface area (Å²) in [6.45, 7) is 3.50. The molecule has 1 aliphatic rings. The highest BCUT2D eigenvalue weighted by atomic mass is 16.4. The second-order valence-electron chi connectivity index (χ2n) is 7.85. The van der Waals surface area contributed by atoms with E-state index in [9.17, 15) is 14.4 Å². The van der Waals surface area contributed by atoms with Crippen molar-refractivity contribution in [2.45, 2.75) is 19.5 Å². The van der Waals surface area contributed by atoms with E-state index >= 15 is 0 Å². The second kappa shape index (κ2) is 11.7. The third kappa shape index (κ3) is 6.69. The van der Waals surface area contributed by atoms with E-state index in [-0.39, 0.29) is 6.03 Å². The highest BCUT2D eigenvalue weighted by Gasteiger charge is 2.28. The molecule has 9 heteroatoms. The number of nitrogens with zero attached hydrogens (tertiary/aromatic N) is 2. The van der Waals surface area contributed by atoms with Crippen molar-refractivity contribution in [1.29, 1.82) is 0 Å². The van der Waals surface area contributed by atoms with Crippen LogP contribution in [0.4, 0.5) is 4.79 Å². The zero-order chi connectivity index (χ0) is 24.5. The Morgan fingerprint density at radius 1 is 0.941 bits per heavy atom. The van der Waals surface area contributed by atoms with Crippen LogP contribution < -0.4 is 5.73 Å². The van der Waals surface area contributed by atoms with Crippen molar-refractivity contribution in [1.82, 2.24) is 14.8 Å². The average Bonchev–Trinajstić information content (AvgIpc) is 3.37. The Morgan fingerprint density at radius 3 is 2.15 bits per heavy atom. The number of carbonyl (C=O) groups excluding carboxylic acids is 1. The topological polar surface area (TPSA) is 140 Å². The lowest BCUT2D eigenvalue weighted by Gasteiger charge is -2.19. The standard InChI is InChI=1S/C21H24N4O.C4H4O4/c22-9-8-18-13-23-20-7-6-17(12-19(18)20)15-25-11-10-24(21(25)26)14-16-4-2-1-3-5-16;5-3(6)1-2-4(7)8/h1-7,12-13,23H,8-11,14-15,22H2;1-2H,(H,5,6)(H,7,8)/b;2-1-. The number of hydrogen-bond acceptors (Lipinski definition) is 4. The number of rotatable bonds is 8. The molecule has 3 aromatic rings. The number of nitrogens with two attached hydrogens (primary N) is 1. The molecule has 0 bridgehead atoms. The summed E-state index contributed by atoms with van der Waals surface area (Å²) >= 11 is 0. The Hall–Kier alpha value is -4.11. The molecule has 0 aliphatic carbocycles. The summed E-state index contributed by atoms with van der Waals surface area (Å²) in [7, 11) is 0. The van der Waals surface area contributed by atoms with Crippen LogP contribution in [0.1, 0.15) is 16.7 Å². The zero-order valence-electron chi connectivity index (χ0n) is 18.7. The first-order valence-corrected chi connectivity index (χ1v) is 10.9. The van der Waals surface area contributed by atoms with Crippen molar-refractivity contribution in [3.8, 4) is 0 Å². The number of carboxylic acid groups (broad SMARTS) is 2. The van der Waals surface area contributed by atoms with Crippen molar-refractivity contribution < 1.29 is 24.6 Å². The van der Waals surface area contributed by atoms with E-state index in [2.05, 4.69) is 35.3 Å². The third-order valence-corrected chi connectivity index (χ3v) is 5.38. The summed E-state index contributed by atoms with van der Waals surface area (Å²) in [4.78, 5) is 39.0. The van der Waals surface area contributed by atoms with E-state index in [1.807, 2.05) is 34.2 Å². The number of carboxylic acids is 2. The summed E-state index contributed by atoms with van der Waals surface area (Å²) in [5, 5.41) is 16.8. The Kier molecular flexibility index (Phi) is 8.42. The molecule has 1 fully saturated rings. The van der Waals surface area contributed by atoms with Gasteiger partial charge < -0.3 is 30.7 Å². The van der Waals surface area contributed by atoms with E-state index in [1.165, 1.54) is 16.5 Å². The monoisotopic (exact) mass is 464 g/mol. The number of H-pyrrole nitrogens is 1. The fourth-order valence-corrected chi connectivity index (χ4v) is 3.78. The van der Waals surface area contributed by atoms with Gasteiger partial charge in [0.15, 0.2) is 0 Å². The van der Waals surface area contributed by atoms with E-state index in [1.54, 1.807) is 0 Å². The molecule has 2 heterocycles. The maximum absolute atomic E-state index is 12.7. The van der Waals surface area contributed by atoms with E-state index in [4.69, 9.17) is 15.9 Å². The molecule has 0 radical (unpaired) electrons. The zero-order valence-corrected chi connectivity index (χ0v) is 18.7. The molecule has 1 saturated heterocycles. The van der Waals surface area contributed by atoms with Crippen LogP contribution in [0.25, 0.3) is 10.9 Å². The minimum absolute atomic E-state index is 0.116. The molecule has 9 nitrogen and oxygen atoms in total. The van der Waals surface area contributed by atoms with Crippen molar-refractivity contribution in [3.05, 3.63) is 83.6 Å². The Morgan fingerprint density at radius 2 is 1.56 bits per heavy atom. The summed E-state index contributed by atoms with van der Waals surface area (Å²) in [6.07, 6.45) is 4.01. The van der Waals surface area contributed by atoms with Gasteiger partial charge in [0.1, 0.15) is 0 Å². The van der Waals surface area contributed by atoms with Gasteiger partial charge in [-0.3, -0.25) is 0 Å². The first kappa shape index (κ1) is 24.5. The van der Waals surface area contributed by atoms with Crippen molar-refractivity contribution in [3.63, 3.8) is 0 Å². The minimum atomic E-state index is -1.26. The number of hydrogen-bond donors (Lipinski definition) is 4. The van der Waals surface area contributed by atoms with Gasteiger partial charge in [-0.2, -0.15) is 0 Å². The SMILES string of the molecule is NCCc1c[nH]c2ccc(CN3CCN(Cc4ccccc4)C3=O)cc12.O=C(O)/C=C\C(=O)O. The number of amides is 2. The number of aromatic amines is 1. The smallest absolute Gasteiger partial charge is 0.328 e. The van der Waals surface area contributed by atoms with Gasteiger partial charge in [0.25, 0.3) is 0 Å². The maximum Gasteiger partial charge on any atom is 0.328 e. The van der Waals surface area contributed by atoms with Crippen LogP contribution in [0.3, 0.4) is 0 Å². The molecule has 0 saturated carbocycles. The predicted octanol–water partition coefficient (Wildman–Crippen LogP) is 2.82. The Labute approximate surface area is 197 Å². The average molecular weight is 465 g/mol. The van der Waals surface area contributed by atoms with Gasteiger partial charge in [0.2, 0.25) is 0 Å². The van der Waals surface area contributed by atoms with Crippen molar-refractivity contribution >= 4 is 28.9 Å². The fraction of sp³-hybridized carbons (Fsp3) is 0.240. The molecule has 0 atom stereocenters. The van der Waals surface area contributed by atoms with Gasteiger partial charge in [0, 0.05) is 55.4 Å². The molecule has 178 valence electrons. The molecule has 1 aliphatic heterocycles. The highest BCUT2D eigenvalue weighted by molar-refractivity contribution is 5.89. The molecule has 34 heavy (non-hydrogen) atoms. The van der Waals surface area contributed by atoms with Gasteiger partial charge in [-0.15, -0.1) is 0 Å². The maximum atomic E-state index is 12.7. The van der Waals surface area contributed by atoms with E-state index in [0.29, 0.717) is 31.8 Å². The molecular weight excluding hydrogens is 436 g/mol. The summed E-state index contributed by atoms with van der Waals surface area (Å²) in [5.41, 5.74) is 10.4. The van der Waals surface area contributed by atoms with Crippen LogP contribution in [-0.2, 0) is 29.1 Å². The number of nitrogens with one attached hydrogen (secondary N) is 1. The molecule has 0 unspecified atom stereocenters. The van der Waals surface area contributed by atoms with Crippen molar-refractivity contribution in [2.75, 3.05) is 19.6 Å². The van der Waals surface area contributed by atoms with Gasteiger partial charge in [-0.25, -0.2) is 14.4 Å². The van der Waals surface area contributed by atoms with Gasteiger partial charge in [-0.1, -0.05) is 36.4 Å².